The Balaban J connectivity index is 1.50. The molecular weight excluding hydrogens is 463 g/mol. The van der Waals surface area contributed by atoms with Crippen molar-refractivity contribution in [1.29, 1.82) is 0 Å². The number of hydrogen-bond acceptors (Lipinski definition) is 6. The summed E-state index contributed by atoms with van der Waals surface area (Å²) in [7, 11) is 1.45. The van der Waals surface area contributed by atoms with E-state index in [1.807, 2.05) is 4.90 Å². The highest BCUT2D eigenvalue weighted by Gasteiger charge is 2.27. The summed E-state index contributed by atoms with van der Waals surface area (Å²) in [6, 6.07) is 12.8. The Bertz CT molecular complexity index is 1560. The second-order valence-electron chi connectivity index (χ2n) is 9.41. The summed E-state index contributed by atoms with van der Waals surface area (Å²) in [5, 5.41) is 10.1. The molecule has 2 aromatic carbocycles. The van der Waals surface area contributed by atoms with Crippen LogP contribution in [0.3, 0.4) is 0 Å². The minimum Gasteiger partial charge on any atom is -0.421 e. The number of benzene rings is 2. The zero-order chi connectivity index (χ0) is 25.6. The van der Waals surface area contributed by atoms with Crippen LogP contribution in [0.5, 0.6) is 0 Å². The molecule has 2 aromatic heterocycles. The summed E-state index contributed by atoms with van der Waals surface area (Å²) >= 11 is 0. The van der Waals surface area contributed by atoms with Gasteiger partial charge in [-0.05, 0) is 31.0 Å². The normalized spacial score (nSPS) is 14.6. The van der Waals surface area contributed by atoms with E-state index in [-0.39, 0.29) is 22.4 Å². The van der Waals surface area contributed by atoms with Crippen LogP contribution in [0.15, 0.2) is 52.1 Å². The lowest BCUT2D eigenvalue weighted by molar-refractivity contribution is 0.158. The largest absolute Gasteiger partial charge is 0.421 e. The lowest BCUT2D eigenvalue weighted by Crippen LogP contribution is -2.47. The first-order valence-electron chi connectivity index (χ1n) is 11.9. The predicted molar refractivity (Wildman–Crippen MR) is 135 cm³/mol. The fourth-order valence-corrected chi connectivity index (χ4v) is 4.80. The zero-order valence-corrected chi connectivity index (χ0v) is 20.6. The van der Waals surface area contributed by atoms with E-state index < -0.39 is 17.1 Å². The third-order valence-electron chi connectivity index (χ3n) is 6.95. The monoisotopic (exact) mass is 492 g/mol. The van der Waals surface area contributed by atoms with Gasteiger partial charge in [0.2, 0.25) is 5.95 Å². The van der Waals surface area contributed by atoms with Gasteiger partial charge in [-0.2, -0.15) is 4.98 Å². The highest BCUT2D eigenvalue weighted by molar-refractivity contribution is 5.74. The van der Waals surface area contributed by atoms with Crippen molar-refractivity contribution in [2.45, 2.75) is 26.9 Å². The van der Waals surface area contributed by atoms with Gasteiger partial charge < -0.3 is 10.1 Å². The summed E-state index contributed by atoms with van der Waals surface area (Å²) < 4.78 is 17.4. The number of hydrogen-bond donors (Lipinski definition) is 1. The van der Waals surface area contributed by atoms with E-state index in [1.165, 1.54) is 29.8 Å². The lowest BCUT2D eigenvalue weighted by Gasteiger charge is -2.35. The molecule has 1 fully saturated rings. The molecule has 1 N–H and O–H groups in total. The third kappa shape index (κ3) is 4.17. The first-order chi connectivity index (χ1) is 17.2. The van der Waals surface area contributed by atoms with Crippen LogP contribution in [-0.4, -0.2) is 55.1 Å². The van der Waals surface area contributed by atoms with Gasteiger partial charge in [0.25, 0.3) is 0 Å². The molecule has 1 aliphatic rings. The minimum absolute atomic E-state index is 0.0364. The Morgan fingerprint density at radius 3 is 2.42 bits per heavy atom. The molecule has 0 spiro atoms. The molecule has 4 aromatic rings. The van der Waals surface area contributed by atoms with Crippen LogP contribution >= 0.6 is 0 Å². The molecule has 3 heterocycles. The molecule has 1 aliphatic heterocycles. The Hall–Kier alpha value is -3.92. The van der Waals surface area contributed by atoms with Gasteiger partial charge in [-0.1, -0.05) is 46.7 Å². The molecule has 0 atom stereocenters. The number of nitrogens with zero attached hydrogens (tertiary/aromatic N) is 6. The Morgan fingerprint density at radius 2 is 1.69 bits per heavy atom. The molecule has 1 saturated heterocycles. The number of piperazine rings is 1. The maximum atomic E-state index is 14.6. The van der Waals surface area contributed by atoms with Crippen molar-refractivity contribution in [3.8, 4) is 0 Å². The van der Waals surface area contributed by atoms with E-state index in [0.717, 1.165) is 24.2 Å². The molecule has 0 unspecified atom stereocenters. The Kier molecular flexibility index (Phi) is 6.13. The number of anilines is 1. The molecule has 0 amide bonds. The van der Waals surface area contributed by atoms with E-state index in [1.54, 1.807) is 22.8 Å². The maximum absolute atomic E-state index is 14.6. The molecular formula is C26H29FN6O3. The zero-order valence-electron chi connectivity index (χ0n) is 20.6. The minimum atomic E-state index is -0.882. The third-order valence-corrected chi connectivity index (χ3v) is 6.95. The molecule has 0 saturated carbocycles. The number of aromatic nitrogens is 4. The molecule has 5 rings (SSSR count). The SMILES string of the molecule is Cc1ccc(C)c(CN2CCN(c3nc4c(c(=O)n(O)c(=O)n4C)n3Cc3ccccc3F)CC2)c1. The highest BCUT2D eigenvalue weighted by Crippen LogP contribution is 2.24. The van der Waals surface area contributed by atoms with Crippen molar-refractivity contribution in [2.75, 3.05) is 31.1 Å². The van der Waals surface area contributed by atoms with Crippen molar-refractivity contribution in [3.05, 3.63) is 91.4 Å². The number of halogens is 1. The van der Waals surface area contributed by atoms with Gasteiger partial charge in [0.05, 0.1) is 6.54 Å². The molecule has 10 heteroatoms. The van der Waals surface area contributed by atoms with Crippen LogP contribution < -0.4 is 16.1 Å². The summed E-state index contributed by atoms with van der Waals surface area (Å²) in [4.78, 5) is 34.3. The van der Waals surface area contributed by atoms with E-state index in [9.17, 15) is 19.2 Å². The summed E-state index contributed by atoms with van der Waals surface area (Å²) in [5.41, 5.74) is 2.62. The van der Waals surface area contributed by atoms with Gasteiger partial charge in [-0.3, -0.25) is 18.8 Å². The van der Waals surface area contributed by atoms with Crippen LogP contribution in [-0.2, 0) is 20.1 Å². The molecule has 36 heavy (non-hydrogen) atoms. The van der Waals surface area contributed by atoms with Crippen molar-refractivity contribution >= 4 is 17.1 Å². The number of rotatable bonds is 5. The Morgan fingerprint density at radius 1 is 0.972 bits per heavy atom. The van der Waals surface area contributed by atoms with E-state index in [4.69, 9.17) is 0 Å². The number of aryl methyl sites for hydroxylation is 3. The predicted octanol–water partition coefficient (Wildman–Crippen LogP) is 2.26. The van der Waals surface area contributed by atoms with Gasteiger partial charge in [-0.15, -0.1) is 0 Å². The van der Waals surface area contributed by atoms with Crippen molar-refractivity contribution in [1.82, 2.24) is 23.7 Å². The van der Waals surface area contributed by atoms with Crippen LogP contribution in [0.25, 0.3) is 11.2 Å². The summed E-state index contributed by atoms with van der Waals surface area (Å²) in [6.45, 7) is 7.94. The molecule has 9 nitrogen and oxygen atoms in total. The van der Waals surface area contributed by atoms with Crippen molar-refractivity contribution < 1.29 is 9.60 Å². The fourth-order valence-electron chi connectivity index (χ4n) is 4.80. The van der Waals surface area contributed by atoms with E-state index in [0.29, 0.717) is 24.6 Å². The van der Waals surface area contributed by atoms with E-state index >= 15 is 0 Å². The van der Waals surface area contributed by atoms with Gasteiger partial charge in [-0.25, -0.2) is 9.18 Å². The Labute approximate surface area is 207 Å². The number of imidazole rings is 1. The smallest absolute Gasteiger partial charge is 0.365 e. The topological polar surface area (TPSA) is 88.5 Å². The van der Waals surface area contributed by atoms with Crippen molar-refractivity contribution in [3.63, 3.8) is 0 Å². The van der Waals surface area contributed by atoms with Crippen LogP contribution in [0.1, 0.15) is 22.3 Å². The highest BCUT2D eigenvalue weighted by atomic mass is 19.1. The first kappa shape index (κ1) is 23.8. The maximum Gasteiger partial charge on any atom is 0.365 e. The van der Waals surface area contributed by atoms with E-state index in [2.05, 4.69) is 41.9 Å². The van der Waals surface area contributed by atoms with Gasteiger partial charge in [0.15, 0.2) is 11.2 Å². The standard InChI is InChI=1S/C26H29FN6O3/c1-17-8-9-18(2)20(14-17)15-30-10-12-31(13-11-30)25-28-23-22(24(34)33(36)26(35)29(23)3)32(25)16-19-6-4-5-7-21(19)27/h4-9,14,36H,10-13,15-16H2,1-3H3. The fraction of sp³-hybridized carbons (Fsp3) is 0.346. The van der Waals surface area contributed by atoms with Crippen LogP contribution in [0.2, 0.25) is 0 Å². The van der Waals surface area contributed by atoms with Gasteiger partial charge in [0, 0.05) is 45.3 Å². The molecule has 188 valence electrons. The summed E-state index contributed by atoms with van der Waals surface area (Å²) in [6.07, 6.45) is 0. The lowest BCUT2D eigenvalue weighted by atomic mass is 10.0. The van der Waals surface area contributed by atoms with Gasteiger partial charge in [0.1, 0.15) is 5.82 Å². The van der Waals surface area contributed by atoms with Crippen LogP contribution in [0, 0.1) is 19.7 Å². The van der Waals surface area contributed by atoms with Gasteiger partial charge >= 0.3 is 11.2 Å². The summed E-state index contributed by atoms with van der Waals surface area (Å²) in [5.74, 6) is 0.0655. The average Bonchev–Trinajstić information content (AvgIpc) is 3.25. The quantitative estimate of drug-likeness (QED) is 0.430. The second-order valence-corrected chi connectivity index (χ2v) is 9.41. The molecule has 0 radical (unpaired) electrons. The molecule has 0 aliphatic carbocycles. The first-order valence-corrected chi connectivity index (χ1v) is 11.9. The second kappa shape index (κ2) is 9.27. The van der Waals surface area contributed by atoms with Crippen LogP contribution in [0.4, 0.5) is 10.3 Å². The molecule has 0 bridgehead atoms. The van der Waals surface area contributed by atoms with Crippen molar-refractivity contribution in [2.24, 2.45) is 7.05 Å². The average molecular weight is 493 g/mol. The number of fused-ring (bicyclic) bond motifs is 1.